The summed E-state index contributed by atoms with van der Waals surface area (Å²) in [7, 11) is 1.68. The third-order valence-corrected chi connectivity index (χ3v) is 4.91. The number of nitrogens with zero attached hydrogens (tertiary/aromatic N) is 3. The average molecular weight is 364 g/mol. The van der Waals surface area contributed by atoms with Gasteiger partial charge in [-0.25, -0.2) is 4.79 Å². The number of carbonyl (C=O) groups excluding carboxylic acids is 2. The molecule has 0 aliphatic carbocycles. The van der Waals surface area contributed by atoms with Crippen molar-refractivity contribution in [3.63, 3.8) is 0 Å². The number of aliphatic hydroxyl groups is 1. The Balaban J connectivity index is 1.96. The minimum absolute atomic E-state index is 0.146. The number of aromatic nitrogens is 2. The molecule has 1 aliphatic heterocycles. The van der Waals surface area contributed by atoms with Crippen molar-refractivity contribution in [3.8, 4) is 0 Å². The zero-order valence-corrected chi connectivity index (χ0v) is 16.1. The van der Waals surface area contributed by atoms with Crippen molar-refractivity contribution in [3.05, 3.63) is 29.6 Å². The first-order valence-electron chi connectivity index (χ1n) is 8.71. The molecule has 0 bridgehead atoms. The molecule has 1 aromatic heterocycles. The maximum absolute atomic E-state index is 12.3. The minimum atomic E-state index is -1.46. The van der Waals surface area contributed by atoms with Gasteiger partial charge >= 0.3 is 6.09 Å². The van der Waals surface area contributed by atoms with Gasteiger partial charge in [0.15, 0.2) is 11.3 Å². The molecule has 2 amide bonds. The fraction of sp³-hybridized carbons (Fsp3) is 0.611. The standard InChI is InChI=1S/C18H28N4O4/c1-13(2)7-6-9-17(3)18(4,25)22(16(24)26-17)12-11-19-15(23)14-8-10-20-21(14)5/h7-8,10,25H,6,9,11-12H2,1-5H3,(H,19,23)/t17-,18+/m0/s1. The first-order valence-corrected chi connectivity index (χ1v) is 8.71. The summed E-state index contributed by atoms with van der Waals surface area (Å²) in [5.74, 6) is -0.288. The Morgan fingerprint density at radius 2 is 2.12 bits per heavy atom. The number of hydrogen-bond acceptors (Lipinski definition) is 5. The van der Waals surface area contributed by atoms with Crippen molar-refractivity contribution in [1.82, 2.24) is 20.0 Å². The molecule has 2 atom stereocenters. The third-order valence-electron chi connectivity index (χ3n) is 4.91. The van der Waals surface area contributed by atoms with E-state index in [0.717, 1.165) is 0 Å². The number of carbonyl (C=O) groups is 2. The summed E-state index contributed by atoms with van der Waals surface area (Å²) in [6.45, 7) is 7.64. The number of hydrogen-bond donors (Lipinski definition) is 2. The quantitative estimate of drug-likeness (QED) is 0.720. The minimum Gasteiger partial charge on any atom is -0.438 e. The second-order valence-corrected chi connectivity index (χ2v) is 7.19. The summed E-state index contributed by atoms with van der Waals surface area (Å²) >= 11 is 0. The summed E-state index contributed by atoms with van der Waals surface area (Å²) in [6, 6.07) is 1.61. The van der Waals surface area contributed by atoms with E-state index < -0.39 is 17.4 Å². The largest absolute Gasteiger partial charge is 0.438 e. The smallest absolute Gasteiger partial charge is 0.412 e. The molecule has 26 heavy (non-hydrogen) atoms. The van der Waals surface area contributed by atoms with Crippen molar-refractivity contribution in [2.45, 2.75) is 51.9 Å². The number of amides is 2. The zero-order valence-electron chi connectivity index (χ0n) is 16.1. The normalized spacial score (nSPS) is 25.2. The van der Waals surface area contributed by atoms with Gasteiger partial charge in [0.1, 0.15) is 5.69 Å². The molecule has 0 unspecified atom stereocenters. The summed E-state index contributed by atoms with van der Waals surface area (Å²) < 4.78 is 6.96. The Labute approximate surface area is 153 Å². The number of ether oxygens (including phenoxy) is 1. The molecule has 1 fully saturated rings. The molecule has 2 heterocycles. The van der Waals surface area contributed by atoms with Gasteiger partial charge < -0.3 is 15.2 Å². The number of allylic oxidation sites excluding steroid dienone is 2. The Kier molecular flexibility index (Phi) is 5.75. The second-order valence-electron chi connectivity index (χ2n) is 7.19. The van der Waals surface area contributed by atoms with E-state index in [0.29, 0.717) is 18.5 Å². The van der Waals surface area contributed by atoms with Crippen LogP contribution in [0.1, 0.15) is 51.0 Å². The molecule has 8 nitrogen and oxygen atoms in total. The van der Waals surface area contributed by atoms with Crippen molar-refractivity contribution < 1.29 is 19.4 Å². The molecule has 144 valence electrons. The number of aryl methyl sites for hydroxylation is 1. The first kappa shape index (κ1) is 20.0. The van der Waals surface area contributed by atoms with E-state index >= 15 is 0 Å². The van der Waals surface area contributed by atoms with Gasteiger partial charge in [-0.05, 0) is 46.6 Å². The number of rotatable bonds is 7. The molecule has 2 N–H and O–H groups in total. The Morgan fingerprint density at radius 3 is 2.69 bits per heavy atom. The van der Waals surface area contributed by atoms with Crippen LogP contribution in [0.2, 0.25) is 0 Å². The highest BCUT2D eigenvalue weighted by Gasteiger charge is 2.58. The van der Waals surface area contributed by atoms with Crippen LogP contribution in [0.3, 0.4) is 0 Å². The highest BCUT2D eigenvalue weighted by molar-refractivity contribution is 5.92. The van der Waals surface area contributed by atoms with E-state index in [-0.39, 0.29) is 19.0 Å². The van der Waals surface area contributed by atoms with Crippen LogP contribution >= 0.6 is 0 Å². The van der Waals surface area contributed by atoms with Crippen LogP contribution in [0.5, 0.6) is 0 Å². The van der Waals surface area contributed by atoms with Crippen LogP contribution in [0.15, 0.2) is 23.9 Å². The van der Waals surface area contributed by atoms with Crippen LogP contribution < -0.4 is 5.32 Å². The van der Waals surface area contributed by atoms with Gasteiger partial charge in [-0.2, -0.15) is 5.10 Å². The van der Waals surface area contributed by atoms with Gasteiger partial charge in [0.25, 0.3) is 5.91 Å². The van der Waals surface area contributed by atoms with Crippen molar-refractivity contribution in [1.29, 1.82) is 0 Å². The maximum Gasteiger partial charge on any atom is 0.412 e. The van der Waals surface area contributed by atoms with E-state index in [1.54, 1.807) is 27.0 Å². The average Bonchev–Trinajstić information content (AvgIpc) is 3.02. The third kappa shape index (κ3) is 3.90. The van der Waals surface area contributed by atoms with Gasteiger partial charge in [-0.3, -0.25) is 14.4 Å². The maximum atomic E-state index is 12.3. The SMILES string of the molecule is CC(C)=CCC[C@]1(C)OC(=O)N(CCNC(=O)c2ccnn2C)[C@]1(C)O. The highest BCUT2D eigenvalue weighted by Crippen LogP contribution is 2.40. The van der Waals surface area contributed by atoms with Crippen LogP contribution in [0.4, 0.5) is 4.79 Å². The number of cyclic esters (lactones) is 1. The molecule has 0 radical (unpaired) electrons. The fourth-order valence-electron chi connectivity index (χ4n) is 3.01. The second kappa shape index (κ2) is 7.49. The van der Waals surface area contributed by atoms with Gasteiger partial charge in [0.2, 0.25) is 0 Å². The lowest BCUT2D eigenvalue weighted by Gasteiger charge is -2.37. The molecule has 2 rings (SSSR count). The van der Waals surface area contributed by atoms with Crippen LogP contribution in [0, 0.1) is 0 Å². The Hall–Kier alpha value is -2.35. The predicted octanol–water partition coefficient (Wildman–Crippen LogP) is 1.82. The van der Waals surface area contributed by atoms with Crippen LogP contribution in [-0.2, 0) is 11.8 Å². The molecule has 1 aliphatic rings. The van der Waals surface area contributed by atoms with Gasteiger partial charge in [0.05, 0.1) is 0 Å². The summed E-state index contributed by atoms with van der Waals surface area (Å²) in [5, 5.41) is 17.6. The molecular formula is C18H28N4O4. The molecule has 0 aromatic carbocycles. The lowest BCUT2D eigenvalue weighted by molar-refractivity contribution is -0.138. The summed E-state index contributed by atoms with van der Waals surface area (Å²) in [4.78, 5) is 25.6. The van der Waals surface area contributed by atoms with Crippen molar-refractivity contribution in [2.75, 3.05) is 13.1 Å². The Morgan fingerprint density at radius 1 is 1.42 bits per heavy atom. The van der Waals surface area contributed by atoms with Crippen LogP contribution in [-0.4, -0.2) is 56.2 Å². The van der Waals surface area contributed by atoms with Crippen molar-refractivity contribution in [2.24, 2.45) is 7.05 Å². The molecule has 1 aromatic rings. The van der Waals surface area contributed by atoms with Gasteiger partial charge in [-0.15, -0.1) is 0 Å². The first-order chi connectivity index (χ1) is 12.1. The monoisotopic (exact) mass is 364 g/mol. The topological polar surface area (TPSA) is 96.7 Å². The fourth-order valence-corrected chi connectivity index (χ4v) is 3.01. The molecule has 0 saturated carbocycles. The summed E-state index contributed by atoms with van der Waals surface area (Å²) in [5.41, 5.74) is -0.876. The molecule has 0 spiro atoms. The van der Waals surface area contributed by atoms with E-state index in [1.165, 1.54) is 21.4 Å². The van der Waals surface area contributed by atoms with Gasteiger partial charge in [-0.1, -0.05) is 11.6 Å². The molecule has 8 heteroatoms. The van der Waals surface area contributed by atoms with E-state index in [1.807, 2.05) is 19.9 Å². The van der Waals surface area contributed by atoms with E-state index in [2.05, 4.69) is 10.4 Å². The van der Waals surface area contributed by atoms with E-state index in [4.69, 9.17) is 4.74 Å². The molecule has 1 saturated heterocycles. The summed E-state index contributed by atoms with van der Waals surface area (Å²) in [6.07, 6.45) is 4.22. The van der Waals surface area contributed by atoms with Gasteiger partial charge in [0, 0.05) is 26.3 Å². The predicted molar refractivity (Wildman–Crippen MR) is 96.4 cm³/mol. The van der Waals surface area contributed by atoms with Crippen LogP contribution in [0.25, 0.3) is 0 Å². The Bertz CT molecular complexity index is 706. The number of nitrogens with one attached hydrogen (secondary N) is 1. The lowest BCUT2D eigenvalue weighted by Crippen LogP contribution is -2.56. The zero-order chi connectivity index (χ0) is 19.5. The lowest BCUT2D eigenvalue weighted by atomic mass is 9.88. The highest BCUT2D eigenvalue weighted by atomic mass is 16.6. The van der Waals surface area contributed by atoms with E-state index in [9.17, 15) is 14.7 Å². The van der Waals surface area contributed by atoms with Crippen molar-refractivity contribution >= 4 is 12.0 Å². The molecular weight excluding hydrogens is 336 g/mol.